The lowest BCUT2D eigenvalue weighted by Crippen LogP contribution is -2.53. The summed E-state index contributed by atoms with van der Waals surface area (Å²) >= 11 is 0. The number of alkyl carbamates (subject to hydrolysis) is 1. The van der Waals surface area contributed by atoms with Crippen molar-refractivity contribution >= 4 is 18.0 Å². The van der Waals surface area contributed by atoms with Crippen LogP contribution in [0.1, 0.15) is 43.7 Å². The summed E-state index contributed by atoms with van der Waals surface area (Å²) in [5.74, 6) is -2.39. The van der Waals surface area contributed by atoms with Crippen LogP contribution in [0.2, 0.25) is 0 Å². The van der Waals surface area contributed by atoms with Gasteiger partial charge in [0.15, 0.2) is 0 Å². The van der Waals surface area contributed by atoms with E-state index < -0.39 is 49.4 Å². The number of nitrogens with one attached hydrogen (secondary N) is 1. The van der Waals surface area contributed by atoms with Gasteiger partial charge in [0.05, 0.1) is 0 Å². The van der Waals surface area contributed by atoms with Crippen LogP contribution in [0.5, 0.6) is 0 Å². The Kier molecular flexibility index (Phi) is 8.20. The van der Waals surface area contributed by atoms with E-state index >= 15 is 0 Å². The smallest absolute Gasteiger partial charge is 0.407 e. The number of halogens is 2. The SMILES string of the molecule is CCC(C)N(CC(=O)O)C(=O)C(CC(F)F)NC(=O)OCC1c2ccccc2-c2ccccc21. The highest BCUT2D eigenvalue weighted by Gasteiger charge is 2.33. The largest absolute Gasteiger partial charge is 0.480 e. The number of carbonyl (C=O) groups is 3. The summed E-state index contributed by atoms with van der Waals surface area (Å²) in [6, 6.07) is 13.4. The Labute approximate surface area is 196 Å². The third-order valence-electron chi connectivity index (χ3n) is 6.06. The zero-order valence-corrected chi connectivity index (χ0v) is 19.0. The molecule has 0 saturated heterocycles. The quantitative estimate of drug-likeness (QED) is 0.537. The first-order valence-corrected chi connectivity index (χ1v) is 11.1. The Bertz CT molecular complexity index is 1000. The van der Waals surface area contributed by atoms with Gasteiger partial charge in [-0.3, -0.25) is 9.59 Å². The van der Waals surface area contributed by atoms with Crippen LogP contribution >= 0.6 is 0 Å². The van der Waals surface area contributed by atoms with Gasteiger partial charge in [-0.25, -0.2) is 13.6 Å². The average Bonchev–Trinajstić information content (AvgIpc) is 3.13. The molecule has 0 bridgehead atoms. The van der Waals surface area contributed by atoms with Crippen LogP contribution < -0.4 is 5.32 Å². The van der Waals surface area contributed by atoms with Gasteiger partial charge in [-0.1, -0.05) is 55.5 Å². The van der Waals surface area contributed by atoms with Crippen molar-refractivity contribution in [2.75, 3.05) is 13.2 Å². The number of alkyl halides is 2. The second kappa shape index (κ2) is 11.1. The van der Waals surface area contributed by atoms with Crippen molar-refractivity contribution in [3.8, 4) is 11.1 Å². The lowest BCUT2D eigenvalue weighted by Gasteiger charge is -2.31. The number of carbonyl (C=O) groups excluding carboxylic acids is 2. The molecule has 0 aliphatic heterocycles. The topological polar surface area (TPSA) is 95.9 Å². The minimum absolute atomic E-state index is 0.0420. The second-order valence-corrected chi connectivity index (χ2v) is 8.27. The van der Waals surface area contributed by atoms with Gasteiger partial charge in [-0.15, -0.1) is 0 Å². The molecule has 9 heteroatoms. The molecule has 2 amide bonds. The van der Waals surface area contributed by atoms with Gasteiger partial charge in [0.1, 0.15) is 19.2 Å². The van der Waals surface area contributed by atoms with E-state index in [-0.39, 0.29) is 12.5 Å². The van der Waals surface area contributed by atoms with E-state index in [0.717, 1.165) is 27.2 Å². The highest BCUT2D eigenvalue weighted by Crippen LogP contribution is 2.44. The van der Waals surface area contributed by atoms with Gasteiger partial charge in [0, 0.05) is 18.4 Å². The van der Waals surface area contributed by atoms with Crippen LogP contribution in [0.4, 0.5) is 13.6 Å². The summed E-state index contributed by atoms with van der Waals surface area (Å²) in [4.78, 5) is 37.6. The van der Waals surface area contributed by atoms with Gasteiger partial charge in [0.2, 0.25) is 12.3 Å². The first-order chi connectivity index (χ1) is 16.2. The molecule has 3 rings (SSSR count). The number of rotatable bonds is 10. The van der Waals surface area contributed by atoms with Crippen molar-refractivity contribution in [1.82, 2.24) is 10.2 Å². The number of hydrogen-bond acceptors (Lipinski definition) is 4. The average molecular weight is 475 g/mol. The van der Waals surface area contributed by atoms with E-state index in [1.807, 2.05) is 48.5 Å². The Morgan fingerprint density at radius 2 is 1.62 bits per heavy atom. The maximum absolute atomic E-state index is 13.2. The molecule has 2 aromatic carbocycles. The monoisotopic (exact) mass is 474 g/mol. The standard InChI is InChI=1S/C25H28F2N2O5/c1-3-15(2)29(13-23(30)31)24(32)21(12-22(26)27)28-25(33)34-14-20-18-10-6-4-8-16(18)17-9-5-7-11-19(17)20/h4-11,15,20-22H,3,12-14H2,1-2H3,(H,28,33)(H,30,31). The van der Waals surface area contributed by atoms with E-state index in [9.17, 15) is 23.2 Å². The van der Waals surface area contributed by atoms with Crippen molar-refractivity contribution in [3.05, 3.63) is 59.7 Å². The molecule has 0 aromatic heterocycles. The molecule has 2 aromatic rings. The van der Waals surface area contributed by atoms with Crippen molar-refractivity contribution in [3.63, 3.8) is 0 Å². The third kappa shape index (κ3) is 5.70. The summed E-state index contributed by atoms with van der Waals surface area (Å²) in [5, 5.41) is 11.4. The normalized spacial score (nSPS) is 14.1. The molecule has 2 N–H and O–H groups in total. The maximum atomic E-state index is 13.2. The molecule has 0 heterocycles. The first kappa shape index (κ1) is 25.1. The number of fused-ring (bicyclic) bond motifs is 3. The van der Waals surface area contributed by atoms with Crippen molar-refractivity contribution in [1.29, 1.82) is 0 Å². The fourth-order valence-electron chi connectivity index (χ4n) is 4.20. The minimum atomic E-state index is -2.88. The third-order valence-corrected chi connectivity index (χ3v) is 6.06. The molecular weight excluding hydrogens is 446 g/mol. The van der Waals surface area contributed by atoms with Gasteiger partial charge in [0.25, 0.3) is 0 Å². The number of carboxylic acid groups (broad SMARTS) is 1. The summed E-state index contributed by atoms with van der Waals surface area (Å²) < 4.78 is 31.7. The predicted octanol–water partition coefficient (Wildman–Crippen LogP) is 4.26. The van der Waals surface area contributed by atoms with Crippen molar-refractivity contribution in [2.45, 2.75) is 51.1 Å². The maximum Gasteiger partial charge on any atom is 0.407 e. The fraction of sp³-hybridized carbons (Fsp3) is 0.400. The molecule has 2 atom stereocenters. The zero-order valence-electron chi connectivity index (χ0n) is 19.0. The lowest BCUT2D eigenvalue weighted by atomic mass is 9.98. The van der Waals surface area contributed by atoms with Gasteiger partial charge >= 0.3 is 12.1 Å². The van der Waals surface area contributed by atoms with Crippen LogP contribution in [0.15, 0.2) is 48.5 Å². The summed E-state index contributed by atoms with van der Waals surface area (Å²) in [6.45, 7) is 2.67. The van der Waals surface area contributed by atoms with Crippen LogP contribution in [0.25, 0.3) is 11.1 Å². The molecule has 1 aliphatic carbocycles. The van der Waals surface area contributed by atoms with Crippen molar-refractivity contribution in [2.24, 2.45) is 0 Å². The summed E-state index contributed by atoms with van der Waals surface area (Å²) in [6.07, 6.45) is -4.42. The number of nitrogens with zero attached hydrogens (tertiary/aromatic N) is 1. The molecular formula is C25H28F2N2O5. The Hall–Kier alpha value is -3.49. The molecule has 0 saturated carbocycles. The summed E-state index contributed by atoms with van der Waals surface area (Å²) in [7, 11) is 0. The zero-order chi connectivity index (χ0) is 24.8. The molecule has 7 nitrogen and oxygen atoms in total. The fourth-order valence-corrected chi connectivity index (χ4v) is 4.20. The second-order valence-electron chi connectivity index (χ2n) is 8.27. The Morgan fingerprint density at radius 3 is 2.12 bits per heavy atom. The minimum Gasteiger partial charge on any atom is -0.480 e. The number of hydrogen-bond donors (Lipinski definition) is 2. The van der Waals surface area contributed by atoms with E-state index in [0.29, 0.717) is 6.42 Å². The number of amides is 2. The van der Waals surface area contributed by atoms with Gasteiger partial charge in [-0.05, 0) is 35.6 Å². The van der Waals surface area contributed by atoms with Crippen LogP contribution in [0.3, 0.4) is 0 Å². The lowest BCUT2D eigenvalue weighted by molar-refractivity contribution is -0.147. The Morgan fingerprint density at radius 1 is 1.06 bits per heavy atom. The van der Waals surface area contributed by atoms with Crippen molar-refractivity contribution < 1.29 is 33.0 Å². The van der Waals surface area contributed by atoms with E-state index in [1.54, 1.807) is 13.8 Å². The molecule has 0 fully saturated rings. The molecule has 1 aliphatic rings. The highest BCUT2D eigenvalue weighted by atomic mass is 19.3. The van der Waals surface area contributed by atoms with Crippen LogP contribution in [-0.2, 0) is 14.3 Å². The van der Waals surface area contributed by atoms with Crippen LogP contribution in [-0.4, -0.2) is 59.6 Å². The predicted molar refractivity (Wildman–Crippen MR) is 122 cm³/mol. The van der Waals surface area contributed by atoms with Gasteiger partial charge < -0.3 is 20.1 Å². The number of benzene rings is 2. The number of ether oxygens (including phenoxy) is 1. The Balaban J connectivity index is 1.72. The van der Waals surface area contributed by atoms with Crippen LogP contribution in [0, 0.1) is 0 Å². The van der Waals surface area contributed by atoms with E-state index in [1.165, 1.54) is 0 Å². The molecule has 0 spiro atoms. The first-order valence-electron chi connectivity index (χ1n) is 11.1. The molecule has 182 valence electrons. The number of aliphatic carboxylic acids is 1. The molecule has 34 heavy (non-hydrogen) atoms. The van der Waals surface area contributed by atoms with E-state index in [4.69, 9.17) is 9.84 Å². The summed E-state index contributed by atoms with van der Waals surface area (Å²) in [5.41, 5.74) is 4.05. The highest BCUT2D eigenvalue weighted by molar-refractivity contribution is 5.88. The molecule has 2 unspecified atom stereocenters. The van der Waals surface area contributed by atoms with E-state index in [2.05, 4.69) is 5.32 Å². The van der Waals surface area contributed by atoms with Gasteiger partial charge in [-0.2, -0.15) is 0 Å². The number of carboxylic acids is 1. The molecule has 0 radical (unpaired) electrons.